The van der Waals surface area contributed by atoms with Crippen molar-refractivity contribution in [3.63, 3.8) is 0 Å². The number of para-hydroxylation sites is 1. The van der Waals surface area contributed by atoms with Crippen molar-refractivity contribution in [2.45, 2.75) is 37.9 Å². The Labute approximate surface area is 126 Å². The first-order valence-corrected chi connectivity index (χ1v) is 7.92. The normalized spacial score (nSPS) is 13.8. The van der Waals surface area contributed by atoms with Crippen molar-refractivity contribution in [3.8, 4) is 0 Å². The van der Waals surface area contributed by atoms with Crippen LogP contribution in [0.2, 0.25) is 0 Å². The van der Waals surface area contributed by atoms with Gasteiger partial charge in [-0.2, -0.15) is 13.2 Å². The third-order valence-corrected chi connectivity index (χ3v) is 4.19. The predicted octanol–water partition coefficient (Wildman–Crippen LogP) is 4.17. The molecule has 2 N–H and O–H groups in total. The molecule has 6 heteroatoms. The molecule has 2 nitrogen and oxygen atoms in total. The van der Waals surface area contributed by atoms with Crippen molar-refractivity contribution in [1.82, 2.24) is 4.57 Å². The first-order chi connectivity index (χ1) is 9.90. The van der Waals surface area contributed by atoms with Crippen LogP contribution in [0.15, 0.2) is 30.5 Å². The van der Waals surface area contributed by atoms with Crippen LogP contribution in [0.3, 0.4) is 0 Å². The summed E-state index contributed by atoms with van der Waals surface area (Å²) in [7, 11) is 0. The second kappa shape index (κ2) is 6.75. The van der Waals surface area contributed by atoms with Gasteiger partial charge in [0.1, 0.15) is 0 Å². The summed E-state index contributed by atoms with van der Waals surface area (Å²) in [5.74, 6) is 0.0153. The number of halogens is 3. The molecule has 0 aliphatic heterocycles. The van der Waals surface area contributed by atoms with Crippen molar-refractivity contribution < 1.29 is 13.2 Å². The zero-order valence-corrected chi connectivity index (χ0v) is 12.7. The van der Waals surface area contributed by atoms with Crippen LogP contribution < -0.4 is 5.73 Å². The SMILES string of the molecule is CCC(N)Cc1cn(CCSC(F)(F)F)c2ccccc12. The van der Waals surface area contributed by atoms with Crippen molar-refractivity contribution in [1.29, 1.82) is 0 Å². The van der Waals surface area contributed by atoms with Crippen molar-refractivity contribution in [2.24, 2.45) is 5.73 Å². The van der Waals surface area contributed by atoms with Gasteiger partial charge < -0.3 is 10.3 Å². The van der Waals surface area contributed by atoms with E-state index < -0.39 is 5.51 Å². The summed E-state index contributed by atoms with van der Waals surface area (Å²) in [5.41, 5.74) is 3.91. The fourth-order valence-corrected chi connectivity index (χ4v) is 2.88. The fourth-order valence-electron chi connectivity index (χ4n) is 2.36. The highest BCUT2D eigenvalue weighted by Crippen LogP contribution is 2.31. The molecule has 0 saturated heterocycles. The number of alkyl halides is 3. The fraction of sp³-hybridized carbons (Fsp3) is 0.467. The van der Waals surface area contributed by atoms with Gasteiger partial charge in [0, 0.05) is 35.4 Å². The average molecular weight is 316 g/mol. The van der Waals surface area contributed by atoms with E-state index in [1.165, 1.54) is 0 Å². The van der Waals surface area contributed by atoms with E-state index in [0.717, 1.165) is 29.3 Å². The van der Waals surface area contributed by atoms with Crippen LogP contribution in [-0.2, 0) is 13.0 Å². The third kappa shape index (κ3) is 4.41. The van der Waals surface area contributed by atoms with Crippen molar-refractivity contribution in [3.05, 3.63) is 36.0 Å². The minimum atomic E-state index is -4.17. The first-order valence-electron chi connectivity index (χ1n) is 6.93. The Kier molecular flexibility index (Phi) is 5.22. The molecule has 0 aliphatic carbocycles. The van der Waals surface area contributed by atoms with Gasteiger partial charge in [-0.05, 0) is 36.2 Å². The summed E-state index contributed by atoms with van der Waals surface area (Å²) in [4.78, 5) is 0. The Bertz CT molecular complexity index is 592. The van der Waals surface area contributed by atoms with E-state index in [0.29, 0.717) is 6.54 Å². The van der Waals surface area contributed by atoms with E-state index in [4.69, 9.17) is 5.73 Å². The first kappa shape index (κ1) is 16.2. The summed E-state index contributed by atoms with van der Waals surface area (Å²) in [6.07, 6.45) is 3.57. The van der Waals surface area contributed by atoms with Gasteiger partial charge in [-0.1, -0.05) is 25.1 Å². The molecule has 0 radical (unpaired) electrons. The van der Waals surface area contributed by atoms with Gasteiger partial charge in [-0.15, -0.1) is 0 Å². The molecule has 0 saturated carbocycles. The Morgan fingerprint density at radius 1 is 1.29 bits per heavy atom. The largest absolute Gasteiger partial charge is 0.441 e. The van der Waals surface area contributed by atoms with Crippen LogP contribution in [0.5, 0.6) is 0 Å². The van der Waals surface area contributed by atoms with E-state index in [-0.39, 0.29) is 23.6 Å². The number of thioether (sulfide) groups is 1. The topological polar surface area (TPSA) is 30.9 Å². The molecule has 21 heavy (non-hydrogen) atoms. The van der Waals surface area contributed by atoms with E-state index >= 15 is 0 Å². The summed E-state index contributed by atoms with van der Waals surface area (Å²) >= 11 is 0.0191. The van der Waals surface area contributed by atoms with Gasteiger partial charge in [0.25, 0.3) is 0 Å². The van der Waals surface area contributed by atoms with Gasteiger partial charge in [0.2, 0.25) is 0 Å². The second-order valence-electron chi connectivity index (χ2n) is 5.03. The van der Waals surface area contributed by atoms with E-state index in [9.17, 15) is 13.2 Å². The van der Waals surface area contributed by atoms with Crippen LogP contribution in [0.1, 0.15) is 18.9 Å². The van der Waals surface area contributed by atoms with Crippen LogP contribution in [0.25, 0.3) is 10.9 Å². The van der Waals surface area contributed by atoms with Crippen LogP contribution in [0.4, 0.5) is 13.2 Å². The highest BCUT2D eigenvalue weighted by molar-refractivity contribution is 8.00. The lowest BCUT2D eigenvalue weighted by molar-refractivity contribution is -0.0328. The molecule has 0 fully saturated rings. The number of hydrogen-bond donors (Lipinski definition) is 1. The maximum atomic E-state index is 12.2. The molecule has 2 aromatic rings. The summed E-state index contributed by atoms with van der Waals surface area (Å²) in [5, 5.41) is 1.08. The molecule has 1 aromatic heterocycles. The maximum absolute atomic E-state index is 12.2. The standard InChI is InChI=1S/C15H19F3N2S/c1-2-12(19)9-11-10-20(7-8-21-15(16,17)18)14-6-4-3-5-13(11)14/h3-6,10,12H,2,7-9,19H2,1H3. The predicted molar refractivity (Wildman–Crippen MR) is 82.4 cm³/mol. The Morgan fingerprint density at radius 2 is 2.00 bits per heavy atom. The Morgan fingerprint density at radius 3 is 2.67 bits per heavy atom. The molecule has 2 rings (SSSR count). The molecule has 1 heterocycles. The van der Waals surface area contributed by atoms with E-state index in [1.54, 1.807) is 0 Å². The minimum Gasteiger partial charge on any atom is -0.346 e. The van der Waals surface area contributed by atoms with Gasteiger partial charge in [0.05, 0.1) is 0 Å². The molecular formula is C15H19F3N2S. The Hall–Kier alpha value is -1.14. The number of nitrogens with zero attached hydrogens (tertiary/aromatic N) is 1. The number of hydrogen-bond acceptors (Lipinski definition) is 2. The van der Waals surface area contributed by atoms with E-state index in [2.05, 4.69) is 0 Å². The lowest BCUT2D eigenvalue weighted by atomic mass is 10.0. The lowest BCUT2D eigenvalue weighted by Gasteiger charge is -2.07. The van der Waals surface area contributed by atoms with Gasteiger partial charge in [-0.3, -0.25) is 0 Å². The number of rotatable bonds is 6. The minimum absolute atomic E-state index is 0.0153. The molecule has 1 aromatic carbocycles. The van der Waals surface area contributed by atoms with Gasteiger partial charge in [0.15, 0.2) is 0 Å². The number of benzene rings is 1. The number of nitrogens with two attached hydrogens (primary N) is 1. The molecule has 116 valence electrons. The van der Waals surface area contributed by atoms with Crippen LogP contribution >= 0.6 is 11.8 Å². The zero-order valence-electron chi connectivity index (χ0n) is 11.9. The van der Waals surface area contributed by atoms with Crippen molar-refractivity contribution >= 4 is 22.7 Å². The number of fused-ring (bicyclic) bond motifs is 1. The lowest BCUT2D eigenvalue weighted by Crippen LogP contribution is -2.21. The summed E-state index contributed by atoms with van der Waals surface area (Å²) < 4.78 is 38.6. The smallest absolute Gasteiger partial charge is 0.346 e. The Balaban J connectivity index is 2.19. The third-order valence-electron chi connectivity index (χ3n) is 3.48. The number of aryl methyl sites for hydroxylation is 1. The average Bonchev–Trinajstić information content (AvgIpc) is 2.76. The molecule has 0 bridgehead atoms. The van der Waals surface area contributed by atoms with Crippen LogP contribution in [0, 0.1) is 0 Å². The molecule has 1 unspecified atom stereocenters. The maximum Gasteiger partial charge on any atom is 0.441 e. The molecule has 0 spiro atoms. The molecular weight excluding hydrogens is 297 g/mol. The van der Waals surface area contributed by atoms with Crippen molar-refractivity contribution in [2.75, 3.05) is 5.75 Å². The molecule has 0 amide bonds. The van der Waals surface area contributed by atoms with Gasteiger partial charge >= 0.3 is 5.51 Å². The highest BCUT2D eigenvalue weighted by atomic mass is 32.2. The summed E-state index contributed by atoms with van der Waals surface area (Å²) in [6.45, 7) is 2.37. The van der Waals surface area contributed by atoms with E-state index in [1.807, 2.05) is 42.0 Å². The zero-order chi connectivity index (χ0) is 15.5. The molecule has 1 atom stereocenters. The quantitative estimate of drug-likeness (QED) is 0.867. The summed E-state index contributed by atoms with van der Waals surface area (Å²) in [6, 6.07) is 7.86. The van der Waals surface area contributed by atoms with Gasteiger partial charge in [-0.25, -0.2) is 0 Å². The monoisotopic (exact) mass is 316 g/mol. The highest BCUT2D eigenvalue weighted by Gasteiger charge is 2.27. The second-order valence-corrected chi connectivity index (χ2v) is 6.19. The van der Waals surface area contributed by atoms with Crippen LogP contribution in [-0.4, -0.2) is 21.9 Å². The number of aromatic nitrogens is 1. The molecule has 0 aliphatic rings.